The zero-order valence-electron chi connectivity index (χ0n) is 18.0. The number of anilines is 1. The first-order valence-electron chi connectivity index (χ1n) is 10.4. The van der Waals surface area contributed by atoms with Crippen LogP contribution in [0.2, 0.25) is 5.02 Å². The maximum atomic E-state index is 13.1. The fourth-order valence-electron chi connectivity index (χ4n) is 3.25. The van der Waals surface area contributed by atoms with Gasteiger partial charge < -0.3 is 9.47 Å². The fraction of sp³-hybridized carbons (Fsp3) is 0.292. The molecule has 3 rings (SSSR count). The number of halogens is 1. The summed E-state index contributed by atoms with van der Waals surface area (Å²) in [5.41, 5.74) is 0.597. The number of unbranched alkanes of at least 4 members (excludes halogenated alkanes) is 3. The maximum Gasteiger partial charge on any atom is 0.335 e. The Hall–Kier alpha value is -3.32. The topological polar surface area (TPSA) is 84.9 Å². The number of benzene rings is 2. The van der Waals surface area contributed by atoms with Crippen molar-refractivity contribution in [3.05, 3.63) is 58.6 Å². The maximum absolute atomic E-state index is 13.1. The first-order valence-corrected chi connectivity index (χ1v) is 10.8. The van der Waals surface area contributed by atoms with Crippen LogP contribution in [0.1, 0.15) is 38.2 Å². The SMILES string of the molecule is CCCCCCOc1ccc(Cl)cc1/C=C1\C(=O)NC(=O)N(c2ccc(OC)cc2)C1=O. The Labute approximate surface area is 191 Å². The number of methoxy groups -OCH3 is 1. The van der Waals surface area contributed by atoms with Crippen LogP contribution in [-0.4, -0.2) is 31.6 Å². The highest BCUT2D eigenvalue weighted by Crippen LogP contribution is 2.28. The Morgan fingerprint density at radius 1 is 1.03 bits per heavy atom. The summed E-state index contributed by atoms with van der Waals surface area (Å²) in [5, 5.41) is 2.64. The first-order chi connectivity index (χ1) is 15.4. The molecule has 168 valence electrons. The summed E-state index contributed by atoms with van der Waals surface area (Å²) in [6, 6.07) is 10.6. The Morgan fingerprint density at radius 2 is 1.78 bits per heavy atom. The van der Waals surface area contributed by atoms with Gasteiger partial charge in [-0.25, -0.2) is 9.69 Å². The molecule has 1 saturated heterocycles. The van der Waals surface area contributed by atoms with Gasteiger partial charge in [0.25, 0.3) is 11.8 Å². The molecule has 0 saturated carbocycles. The van der Waals surface area contributed by atoms with Gasteiger partial charge in [-0.1, -0.05) is 37.8 Å². The minimum absolute atomic E-state index is 0.196. The lowest BCUT2D eigenvalue weighted by molar-refractivity contribution is -0.122. The zero-order valence-corrected chi connectivity index (χ0v) is 18.8. The third kappa shape index (κ3) is 5.48. The number of hydrogen-bond acceptors (Lipinski definition) is 5. The first kappa shape index (κ1) is 23.3. The molecular formula is C24H25ClN2O5. The standard InChI is InChI=1S/C24H25ClN2O5/c1-3-4-5-6-13-32-21-12-7-17(25)14-16(21)15-20-22(28)26-24(30)27(23(20)29)18-8-10-19(31-2)11-9-18/h7-12,14-15H,3-6,13H2,1-2H3,(H,26,28,30)/b20-15+. The zero-order chi connectivity index (χ0) is 23.1. The third-order valence-electron chi connectivity index (χ3n) is 4.96. The van der Waals surface area contributed by atoms with Crippen molar-refractivity contribution < 1.29 is 23.9 Å². The van der Waals surface area contributed by atoms with E-state index in [-0.39, 0.29) is 5.57 Å². The van der Waals surface area contributed by atoms with Crippen LogP contribution >= 0.6 is 11.6 Å². The van der Waals surface area contributed by atoms with E-state index in [4.69, 9.17) is 21.1 Å². The molecule has 1 heterocycles. The van der Waals surface area contributed by atoms with Gasteiger partial charge in [0.15, 0.2) is 0 Å². The van der Waals surface area contributed by atoms with Gasteiger partial charge in [-0.05, 0) is 55.0 Å². The van der Waals surface area contributed by atoms with Gasteiger partial charge in [-0.15, -0.1) is 0 Å². The number of amides is 4. The minimum atomic E-state index is -0.819. The predicted octanol–water partition coefficient (Wildman–Crippen LogP) is 4.97. The predicted molar refractivity (Wildman–Crippen MR) is 123 cm³/mol. The van der Waals surface area contributed by atoms with Crippen LogP contribution in [0.5, 0.6) is 11.5 Å². The average molecular weight is 457 g/mol. The Balaban J connectivity index is 1.89. The summed E-state index contributed by atoms with van der Waals surface area (Å²) < 4.78 is 11.0. The monoisotopic (exact) mass is 456 g/mol. The van der Waals surface area contributed by atoms with Crippen molar-refractivity contribution in [3.8, 4) is 11.5 Å². The number of imide groups is 2. The van der Waals surface area contributed by atoms with Gasteiger partial charge >= 0.3 is 6.03 Å². The second-order valence-corrected chi connectivity index (χ2v) is 7.68. The van der Waals surface area contributed by atoms with Gasteiger partial charge in [-0.2, -0.15) is 0 Å². The highest BCUT2D eigenvalue weighted by Gasteiger charge is 2.37. The van der Waals surface area contributed by atoms with Crippen LogP contribution in [0.15, 0.2) is 48.0 Å². The van der Waals surface area contributed by atoms with E-state index in [1.54, 1.807) is 42.5 Å². The molecule has 0 unspecified atom stereocenters. The lowest BCUT2D eigenvalue weighted by Gasteiger charge is -2.26. The van der Waals surface area contributed by atoms with Crippen molar-refractivity contribution in [1.82, 2.24) is 5.32 Å². The summed E-state index contributed by atoms with van der Waals surface area (Å²) in [5.74, 6) is -0.437. The van der Waals surface area contributed by atoms with Crippen molar-refractivity contribution in [2.75, 3.05) is 18.6 Å². The molecule has 0 radical (unpaired) electrons. The largest absolute Gasteiger partial charge is 0.497 e. The van der Waals surface area contributed by atoms with E-state index in [0.29, 0.717) is 34.4 Å². The number of rotatable bonds is 9. The van der Waals surface area contributed by atoms with Crippen LogP contribution < -0.4 is 19.7 Å². The second kappa shape index (κ2) is 10.8. The lowest BCUT2D eigenvalue weighted by Crippen LogP contribution is -2.54. The normalized spacial score (nSPS) is 15.2. The molecule has 2 aromatic carbocycles. The lowest BCUT2D eigenvalue weighted by atomic mass is 10.1. The van der Waals surface area contributed by atoms with Crippen molar-refractivity contribution in [1.29, 1.82) is 0 Å². The van der Waals surface area contributed by atoms with E-state index in [1.165, 1.54) is 13.2 Å². The van der Waals surface area contributed by atoms with Gasteiger partial charge in [0.2, 0.25) is 0 Å². The van der Waals surface area contributed by atoms with E-state index in [9.17, 15) is 14.4 Å². The Morgan fingerprint density at radius 3 is 2.47 bits per heavy atom. The van der Waals surface area contributed by atoms with Gasteiger partial charge in [0.05, 0.1) is 19.4 Å². The molecule has 4 amide bonds. The molecule has 1 fully saturated rings. The number of urea groups is 1. The molecule has 32 heavy (non-hydrogen) atoms. The molecule has 1 N–H and O–H groups in total. The minimum Gasteiger partial charge on any atom is -0.497 e. The Bertz CT molecular complexity index is 1030. The summed E-state index contributed by atoms with van der Waals surface area (Å²) in [4.78, 5) is 38.9. The van der Waals surface area contributed by atoms with Crippen LogP contribution in [-0.2, 0) is 9.59 Å². The van der Waals surface area contributed by atoms with Crippen LogP contribution in [0.3, 0.4) is 0 Å². The molecule has 8 heteroatoms. The summed E-state index contributed by atoms with van der Waals surface area (Å²) >= 11 is 6.14. The molecule has 7 nitrogen and oxygen atoms in total. The van der Waals surface area contributed by atoms with Gasteiger partial charge in [0, 0.05) is 10.6 Å². The smallest absolute Gasteiger partial charge is 0.335 e. The summed E-state index contributed by atoms with van der Waals surface area (Å²) in [6.45, 7) is 2.64. The van der Waals surface area contributed by atoms with E-state index >= 15 is 0 Å². The molecule has 2 aromatic rings. The summed E-state index contributed by atoms with van der Waals surface area (Å²) in [6.07, 6.45) is 5.60. The van der Waals surface area contributed by atoms with E-state index in [1.807, 2.05) is 0 Å². The summed E-state index contributed by atoms with van der Waals surface area (Å²) in [7, 11) is 1.52. The molecule has 1 aliphatic rings. The van der Waals surface area contributed by atoms with Crippen LogP contribution in [0, 0.1) is 0 Å². The van der Waals surface area contributed by atoms with Crippen molar-refractivity contribution in [2.45, 2.75) is 32.6 Å². The molecule has 1 aliphatic heterocycles. The van der Waals surface area contributed by atoms with Gasteiger partial charge in [-0.3, -0.25) is 14.9 Å². The molecule has 0 aromatic heterocycles. The Kier molecular flexibility index (Phi) is 7.89. The number of hydrogen-bond donors (Lipinski definition) is 1. The van der Waals surface area contributed by atoms with E-state index < -0.39 is 17.8 Å². The van der Waals surface area contributed by atoms with Crippen molar-refractivity contribution in [2.24, 2.45) is 0 Å². The highest BCUT2D eigenvalue weighted by molar-refractivity contribution is 6.39. The molecule has 0 spiro atoms. The molecular weight excluding hydrogens is 432 g/mol. The quantitative estimate of drug-likeness (QED) is 0.327. The fourth-order valence-corrected chi connectivity index (χ4v) is 3.43. The number of nitrogens with zero attached hydrogens (tertiary/aromatic N) is 1. The molecule has 0 bridgehead atoms. The van der Waals surface area contributed by atoms with Gasteiger partial charge in [0.1, 0.15) is 17.1 Å². The molecule has 0 aliphatic carbocycles. The van der Waals surface area contributed by atoms with Crippen molar-refractivity contribution >= 4 is 41.2 Å². The number of barbiturate groups is 1. The van der Waals surface area contributed by atoms with E-state index in [2.05, 4.69) is 12.2 Å². The number of carbonyl (C=O) groups is 3. The van der Waals surface area contributed by atoms with Crippen LogP contribution in [0.4, 0.5) is 10.5 Å². The number of ether oxygens (including phenoxy) is 2. The van der Waals surface area contributed by atoms with Crippen LogP contribution in [0.25, 0.3) is 6.08 Å². The van der Waals surface area contributed by atoms with Crippen molar-refractivity contribution in [3.63, 3.8) is 0 Å². The third-order valence-corrected chi connectivity index (χ3v) is 5.19. The average Bonchev–Trinajstić information content (AvgIpc) is 2.78. The number of nitrogens with one attached hydrogen (secondary N) is 1. The highest BCUT2D eigenvalue weighted by atomic mass is 35.5. The number of carbonyl (C=O) groups excluding carboxylic acids is 3. The van der Waals surface area contributed by atoms with E-state index in [0.717, 1.165) is 30.6 Å². The second-order valence-electron chi connectivity index (χ2n) is 7.25. The molecule has 0 atom stereocenters.